The Morgan fingerprint density at radius 3 is 2.73 bits per heavy atom. The normalized spacial score (nSPS) is 20.9. The molecule has 1 aliphatic heterocycles. The minimum atomic E-state index is -0.184. The predicted molar refractivity (Wildman–Crippen MR) is 62.1 cm³/mol. The topological polar surface area (TPSA) is 58.3 Å². The van der Waals surface area contributed by atoms with E-state index in [1.807, 2.05) is 0 Å². The number of hydrogen-bond acceptors (Lipinski definition) is 3. The monoisotopic (exact) mass is 206 g/mol. The van der Waals surface area contributed by atoms with Crippen molar-refractivity contribution in [2.24, 2.45) is 5.73 Å². The van der Waals surface area contributed by atoms with Gasteiger partial charge in [0.1, 0.15) is 0 Å². The fourth-order valence-electron chi connectivity index (χ4n) is 2.18. The Morgan fingerprint density at radius 2 is 2.13 bits per heavy atom. The van der Waals surface area contributed by atoms with Crippen LogP contribution in [0.2, 0.25) is 0 Å². The summed E-state index contributed by atoms with van der Waals surface area (Å²) in [5.74, 6) is 0. The quantitative estimate of drug-likeness (QED) is 0.675. The second kappa shape index (κ2) is 3.83. The van der Waals surface area contributed by atoms with Gasteiger partial charge in [0.25, 0.3) is 0 Å². The van der Waals surface area contributed by atoms with Crippen molar-refractivity contribution in [3.63, 3.8) is 0 Å². The van der Waals surface area contributed by atoms with Crippen molar-refractivity contribution in [2.75, 3.05) is 11.9 Å². The molecule has 0 saturated heterocycles. The van der Waals surface area contributed by atoms with Gasteiger partial charge in [0.15, 0.2) is 0 Å². The van der Waals surface area contributed by atoms with Crippen molar-refractivity contribution in [2.45, 2.75) is 32.4 Å². The molecule has 3 heteroatoms. The first-order valence-corrected chi connectivity index (χ1v) is 5.35. The van der Waals surface area contributed by atoms with E-state index in [0.717, 1.165) is 6.42 Å². The van der Waals surface area contributed by atoms with Gasteiger partial charge in [0.2, 0.25) is 0 Å². The minimum Gasteiger partial charge on any atom is -0.395 e. The molecule has 4 N–H and O–H groups in total. The van der Waals surface area contributed by atoms with Gasteiger partial charge in [-0.3, -0.25) is 0 Å². The Morgan fingerprint density at radius 1 is 1.47 bits per heavy atom. The van der Waals surface area contributed by atoms with Gasteiger partial charge in [-0.15, -0.1) is 0 Å². The highest BCUT2D eigenvalue weighted by Crippen LogP contribution is 2.32. The second-order valence-electron chi connectivity index (χ2n) is 4.35. The number of aliphatic hydroxyl groups excluding tert-OH is 1. The largest absolute Gasteiger partial charge is 0.395 e. The fraction of sp³-hybridized carbons (Fsp3) is 0.500. The van der Waals surface area contributed by atoms with Gasteiger partial charge in [-0.2, -0.15) is 0 Å². The highest BCUT2D eigenvalue weighted by atomic mass is 16.3. The molecular formula is C12H18N2O. The summed E-state index contributed by atoms with van der Waals surface area (Å²) >= 11 is 0. The lowest BCUT2D eigenvalue weighted by Crippen LogP contribution is -2.41. The second-order valence-corrected chi connectivity index (χ2v) is 4.35. The number of benzene rings is 1. The summed E-state index contributed by atoms with van der Waals surface area (Å²) in [6.45, 7) is 4.24. The zero-order chi connectivity index (χ0) is 11.0. The van der Waals surface area contributed by atoms with Crippen LogP contribution in [0.5, 0.6) is 0 Å². The molecule has 0 spiro atoms. The molecule has 2 rings (SSSR count). The van der Waals surface area contributed by atoms with Crippen LogP contribution in [0.4, 0.5) is 5.69 Å². The molecule has 2 unspecified atom stereocenters. The summed E-state index contributed by atoms with van der Waals surface area (Å²) < 4.78 is 0. The summed E-state index contributed by atoms with van der Waals surface area (Å²) in [6, 6.07) is 4.25. The van der Waals surface area contributed by atoms with Gasteiger partial charge < -0.3 is 16.2 Å². The van der Waals surface area contributed by atoms with Crippen LogP contribution >= 0.6 is 0 Å². The lowest BCUT2D eigenvalue weighted by Gasteiger charge is -2.17. The molecule has 15 heavy (non-hydrogen) atoms. The van der Waals surface area contributed by atoms with Crippen LogP contribution < -0.4 is 11.1 Å². The van der Waals surface area contributed by atoms with Crippen LogP contribution in [-0.2, 0) is 6.42 Å². The molecule has 3 nitrogen and oxygen atoms in total. The molecule has 1 heterocycles. The molecular weight excluding hydrogens is 188 g/mol. The van der Waals surface area contributed by atoms with Crippen molar-refractivity contribution < 1.29 is 5.11 Å². The van der Waals surface area contributed by atoms with Gasteiger partial charge in [-0.25, -0.2) is 0 Å². The zero-order valence-electron chi connectivity index (χ0n) is 9.25. The third kappa shape index (κ3) is 1.73. The average Bonchev–Trinajstić information content (AvgIpc) is 2.68. The highest BCUT2D eigenvalue weighted by molar-refractivity contribution is 5.64. The first-order valence-electron chi connectivity index (χ1n) is 5.35. The lowest BCUT2D eigenvalue weighted by molar-refractivity contribution is 0.254. The number of aryl methyl sites for hydroxylation is 2. The van der Waals surface area contributed by atoms with Crippen molar-refractivity contribution in [1.82, 2.24) is 0 Å². The predicted octanol–water partition coefficient (Wildman–Crippen LogP) is 0.960. The molecule has 0 bridgehead atoms. The minimum absolute atomic E-state index is 0.0315. The summed E-state index contributed by atoms with van der Waals surface area (Å²) in [5, 5.41) is 12.5. The van der Waals surface area contributed by atoms with Crippen LogP contribution in [0.25, 0.3) is 0 Å². The van der Waals surface area contributed by atoms with E-state index in [1.165, 1.54) is 22.4 Å². The fourth-order valence-corrected chi connectivity index (χ4v) is 2.18. The molecule has 1 aliphatic rings. The zero-order valence-corrected chi connectivity index (χ0v) is 9.25. The lowest BCUT2D eigenvalue weighted by atomic mass is 9.99. The number of rotatable bonds is 2. The maximum atomic E-state index is 9.05. The summed E-state index contributed by atoms with van der Waals surface area (Å²) in [6.07, 6.45) is 0.921. The Bertz CT molecular complexity index is 345. The summed E-state index contributed by atoms with van der Waals surface area (Å²) in [7, 11) is 0. The van der Waals surface area contributed by atoms with Crippen LogP contribution in [0.15, 0.2) is 12.1 Å². The standard InChI is InChI=1S/C12H18N2O/c1-7-3-4-8(2)12-9(7)5-11(14-12)10(13)6-15/h3-4,10-11,14-15H,5-6,13H2,1-2H3. The van der Waals surface area contributed by atoms with E-state index in [4.69, 9.17) is 10.8 Å². The van der Waals surface area contributed by atoms with Crippen molar-refractivity contribution in [3.05, 3.63) is 28.8 Å². The third-order valence-corrected chi connectivity index (χ3v) is 3.24. The Labute approximate surface area is 90.3 Å². The number of anilines is 1. The van der Waals surface area contributed by atoms with E-state index in [-0.39, 0.29) is 18.7 Å². The van der Waals surface area contributed by atoms with Gasteiger partial charge in [-0.05, 0) is 37.0 Å². The number of fused-ring (bicyclic) bond motifs is 1. The van der Waals surface area contributed by atoms with Crippen LogP contribution in [0, 0.1) is 13.8 Å². The SMILES string of the molecule is Cc1ccc(C)c2c1CC(C(N)CO)N2. The first kappa shape index (κ1) is 10.5. The molecule has 0 fully saturated rings. The van der Waals surface area contributed by atoms with Crippen molar-refractivity contribution in [3.8, 4) is 0 Å². The number of hydrogen-bond donors (Lipinski definition) is 3. The Balaban J connectivity index is 2.30. The van der Waals surface area contributed by atoms with E-state index >= 15 is 0 Å². The van der Waals surface area contributed by atoms with Crippen LogP contribution in [0.1, 0.15) is 16.7 Å². The average molecular weight is 206 g/mol. The van der Waals surface area contributed by atoms with Gasteiger partial charge in [0, 0.05) is 17.8 Å². The highest BCUT2D eigenvalue weighted by Gasteiger charge is 2.27. The molecule has 82 valence electrons. The molecule has 0 radical (unpaired) electrons. The van der Waals surface area contributed by atoms with Crippen molar-refractivity contribution in [1.29, 1.82) is 0 Å². The van der Waals surface area contributed by atoms with Gasteiger partial charge >= 0.3 is 0 Å². The third-order valence-electron chi connectivity index (χ3n) is 3.24. The molecule has 1 aromatic rings. The summed E-state index contributed by atoms with van der Waals surface area (Å²) in [5.41, 5.74) is 11.0. The number of nitrogens with two attached hydrogens (primary N) is 1. The molecule has 0 saturated carbocycles. The van der Waals surface area contributed by atoms with Gasteiger partial charge in [0.05, 0.1) is 6.61 Å². The van der Waals surface area contributed by atoms with Crippen molar-refractivity contribution >= 4 is 5.69 Å². The van der Waals surface area contributed by atoms with E-state index in [1.54, 1.807) is 0 Å². The molecule has 0 aromatic heterocycles. The Hall–Kier alpha value is -1.06. The number of nitrogens with one attached hydrogen (secondary N) is 1. The molecule has 2 atom stereocenters. The molecule has 0 amide bonds. The first-order chi connectivity index (χ1) is 7.13. The summed E-state index contributed by atoms with van der Waals surface area (Å²) in [4.78, 5) is 0. The smallest absolute Gasteiger partial charge is 0.0602 e. The molecule has 1 aromatic carbocycles. The van der Waals surface area contributed by atoms with E-state index < -0.39 is 0 Å². The molecule has 0 aliphatic carbocycles. The van der Waals surface area contributed by atoms with E-state index in [2.05, 4.69) is 31.3 Å². The Kier molecular flexibility index (Phi) is 2.67. The maximum Gasteiger partial charge on any atom is 0.0602 e. The number of aliphatic hydroxyl groups is 1. The van der Waals surface area contributed by atoms with E-state index in [9.17, 15) is 0 Å². The van der Waals surface area contributed by atoms with Gasteiger partial charge in [-0.1, -0.05) is 12.1 Å². The van der Waals surface area contributed by atoms with Crippen LogP contribution in [0.3, 0.4) is 0 Å². The van der Waals surface area contributed by atoms with Crippen LogP contribution in [-0.4, -0.2) is 23.8 Å². The van der Waals surface area contributed by atoms with E-state index in [0.29, 0.717) is 0 Å². The maximum absolute atomic E-state index is 9.05.